The Hall–Kier alpha value is -6.35. The maximum atomic E-state index is 12.1. The molecule has 0 radical (unpaired) electrons. The Morgan fingerprint density at radius 3 is 1.98 bits per heavy atom. The fourth-order valence-electron chi connectivity index (χ4n) is 8.67. The van der Waals surface area contributed by atoms with Gasteiger partial charge in [-0.05, 0) is 105 Å². The first kappa shape index (κ1) is 35.9. The van der Waals surface area contributed by atoms with Gasteiger partial charge >= 0.3 is 0 Å². The molecule has 0 bridgehead atoms. The number of fused-ring (bicyclic) bond motifs is 1. The SMILES string of the molecule is [2H]C([2H])([2H])C(c1ccc(-c2ccnc(-c3[c-]c(-c4cccc5c4nc(-c4cc(C(C)(C)C)cc(C)c4O)n5-c4ccc(CC(C)C)cc4-c4ccccc4)cc(-c4ccccc4)c3)c2)cc1)(C([2H])([2H])[2H])C([2H])([2H])[2H].[Pt]. The molecule has 0 aliphatic heterocycles. The van der Waals surface area contributed by atoms with E-state index in [1.54, 1.807) is 24.4 Å². The number of imidazole rings is 1. The summed E-state index contributed by atoms with van der Waals surface area (Å²) in [5.74, 6) is 1.18. The number of para-hydroxylation sites is 1. The van der Waals surface area contributed by atoms with Crippen molar-refractivity contribution in [1.29, 1.82) is 0 Å². The molecule has 334 valence electrons. The molecule has 66 heavy (non-hydrogen) atoms. The van der Waals surface area contributed by atoms with Crippen LogP contribution >= 0.6 is 0 Å². The molecule has 0 spiro atoms. The standard InChI is InChI=1S/C61H58N3O.Pt/c1-39(2)31-41-23-28-55(52(33-41)44-19-14-11-15-20-44)64-56-22-16-21-51(57(56)63-59(64)53-38-50(61(7,8)9)32-40(3)58(53)65)47-34-46(42-17-12-10-13-18-42)35-48(36-47)54-37-45(29-30-62-54)43-24-26-49(27-25-43)60(4,5)6;/h10-30,32-35,37-39,65H,31H2,1-9H3;/q-1;/i4D3,5D3,6D3;. The molecule has 0 amide bonds. The summed E-state index contributed by atoms with van der Waals surface area (Å²) in [7, 11) is 0. The van der Waals surface area contributed by atoms with Gasteiger partial charge in [-0.3, -0.25) is 9.55 Å². The summed E-state index contributed by atoms with van der Waals surface area (Å²) >= 11 is 0. The number of rotatable bonds is 9. The number of aromatic hydroxyl groups is 1. The van der Waals surface area contributed by atoms with E-state index in [0.29, 0.717) is 45.2 Å². The van der Waals surface area contributed by atoms with Gasteiger partial charge in [-0.1, -0.05) is 187 Å². The molecule has 7 aromatic carbocycles. The van der Waals surface area contributed by atoms with Crippen molar-refractivity contribution in [2.45, 2.75) is 79.3 Å². The summed E-state index contributed by atoms with van der Waals surface area (Å²) in [5.41, 5.74) is 10.4. The molecule has 0 saturated carbocycles. The van der Waals surface area contributed by atoms with Gasteiger partial charge < -0.3 is 5.11 Å². The van der Waals surface area contributed by atoms with Crippen LogP contribution in [0.5, 0.6) is 5.75 Å². The molecule has 0 unspecified atom stereocenters. The second-order valence-corrected chi connectivity index (χ2v) is 18.5. The van der Waals surface area contributed by atoms with Crippen molar-refractivity contribution in [1.82, 2.24) is 14.5 Å². The van der Waals surface area contributed by atoms with Gasteiger partial charge in [0.25, 0.3) is 0 Å². The minimum atomic E-state index is -3.38. The summed E-state index contributed by atoms with van der Waals surface area (Å²) in [5, 5.41) is 12.1. The van der Waals surface area contributed by atoms with E-state index in [2.05, 4.69) is 93.8 Å². The van der Waals surface area contributed by atoms with Crippen LogP contribution in [-0.2, 0) is 38.3 Å². The third-order valence-corrected chi connectivity index (χ3v) is 12.1. The van der Waals surface area contributed by atoms with Crippen LogP contribution in [0.4, 0.5) is 0 Å². The van der Waals surface area contributed by atoms with Gasteiger partial charge in [-0.15, -0.1) is 23.8 Å². The van der Waals surface area contributed by atoms with Crippen LogP contribution in [0.25, 0.3) is 83.9 Å². The number of hydrogen-bond donors (Lipinski definition) is 1. The minimum absolute atomic E-state index is 0. The van der Waals surface area contributed by atoms with Gasteiger partial charge in [0.05, 0.1) is 22.3 Å². The number of nitrogens with zero attached hydrogens (tertiary/aromatic N) is 3. The van der Waals surface area contributed by atoms with Crippen molar-refractivity contribution in [2.24, 2.45) is 5.92 Å². The molecule has 0 saturated heterocycles. The zero-order valence-electron chi connectivity index (χ0n) is 47.0. The fourth-order valence-corrected chi connectivity index (χ4v) is 8.67. The average Bonchev–Trinajstić information content (AvgIpc) is 3.73. The second-order valence-electron chi connectivity index (χ2n) is 18.5. The Morgan fingerprint density at radius 2 is 1.30 bits per heavy atom. The Bertz CT molecular complexity index is 3490. The van der Waals surface area contributed by atoms with Crippen LogP contribution in [0.15, 0.2) is 164 Å². The first-order valence-electron chi connectivity index (χ1n) is 26.6. The zero-order chi connectivity index (χ0) is 53.1. The predicted octanol–water partition coefficient (Wildman–Crippen LogP) is 16.0. The third kappa shape index (κ3) is 9.35. The van der Waals surface area contributed by atoms with Crippen molar-refractivity contribution in [2.75, 3.05) is 0 Å². The van der Waals surface area contributed by atoms with E-state index in [1.165, 1.54) is 17.7 Å². The topological polar surface area (TPSA) is 50.9 Å². The van der Waals surface area contributed by atoms with Gasteiger partial charge in [0, 0.05) is 50.9 Å². The monoisotopic (exact) mass is 1050 g/mol. The van der Waals surface area contributed by atoms with Crippen LogP contribution in [0.1, 0.15) is 89.8 Å². The fraction of sp³-hybridized carbons (Fsp3) is 0.213. The maximum absolute atomic E-state index is 12.1. The van der Waals surface area contributed by atoms with Crippen LogP contribution in [0.2, 0.25) is 0 Å². The summed E-state index contributed by atoms with van der Waals surface area (Å²) in [6.45, 7) is 2.73. The van der Waals surface area contributed by atoms with Crippen molar-refractivity contribution >= 4 is 11.0 Å². The molecule has 1 N–H and O–H groups in total. The molecule has 2 heterocycles. The van der Waals surface area contributed by atoms with E-state index < -0.39 is 26.0 Å². The number of phenols is 1. The molecular weight excluding hydrogens is 986 g/mol. The molecule has 4 nitrogen and oxygen atoms in total. The molecule has 5 heteroatoms. The largest absolute Gasteiger partial charge is 0.507 e. The molecule has 9 aromatic rings. The molecule has 9 rings (SSSR count). The quantitative estimate of drug-likeness (QED) is 0.147. The summed E-state index contributed by atoms with van der Waals surface area (Å²) in [6.07, 6.45) is 2.56. The number of pyridine rings is 1. The summed E-state index contributed by atoms with van der Waals surface area (Å²) < 4.78 is 76.1. The van der Waals surface area contributed by atoms with Crippen LogP contribution in [0.3, 0.4) is 0 Å². The van der Waals surface area contributed by atoms with E-state index >= 15 is 0 Å². The minimum Gasteiger partial charge on any atom is -0.507 e. The van der Waals surface area contributed by atoms with Gasteiger partial charge in [-0.25, -0.2) is 4.98 Å². The smallest absolute Gasteiger partial charge is 0.148 e. The Balaban J connectivity index is 0.00000747. The van der Waals surface area contributed by atoms with E-state index in [1.807, 2.05) is 85.8 Å². The van der Waals surface area contributed by atoms with Crippen LogP contribution in [0, 0.1) is 18.9 Å². The van der Waals surface area contributed by atoms with Crippen molar-refractivity contribution in [3.8, 4) is 78.6 Å². The van der Waals surface area contributed by atoms with Gasteiger partial charge in [-0.2, -0.15) is 0 Å². The summed E-state index contributed by atoms with van der Waals surface area (Å²) in [4.78, 5) is 10.4. The van der Waals surface area contributed by atoms with E-state index in [4.69, 9.17) is 22.3 Å². The molecule has 0 aliphatic rings. The Kier molecular flexibility index (Phi) is 10.0. The van der Waals surface area contributed by atoms with Gasteiger partial charge in [0.15, 0.2) is 0 Å². The first-order chi connectivity index (χ1) is 34.9. The summed E-state index contributed by atoms with van der Waals surface area (Å²) in [6, 6.07) is 54.4. The number of aryl methyl sites for hydroxylation is 1. The van der Waals surface area contributed by atoms with Crippen LogP contribution < -0.4 is 0 Å². The number of hydrogen-bond acceptors (Lipinski definition) is 3. The number of phenolic OH excluding ortho intramolecular Hbond substituents is 1. The van der Waals surface area contributed by atoms with E-state index in [9.17, 15) is 5.11 Å². The first-order valence-corrected chi connectivity index (χ1v) is 22.1. The Morgan fingerprint density at radius 1 is 0.621 bits per heavy atom. The maximum Gasteiger partial charge on any atom is 0.148 e. The normalized spacial score (nSPS) is 14.4. The molecule has 0 atom stereocenters. The third-order valence-electron chi connectivity index (χ3n) is 12.1. The number of benzene rings is 7. The molecule has 0 fully saturated rings. The van der Waals surface area contributed by atoms with Crippen LogP contribution in [-0.4, -0.2) is 19.6 Å². The second kappa shape index (κ2) is 18.5. The van der Waals surface area contributed by atoms with E-state index in [0.717, 1.165) is 62.1 Å². The van der Waals surface area contributed by atoms with E-state index in [-0.39, 0.29) is 37.8 Å². The molecule has 2 aromatic heterocycles. The Labute approximate surface area is 418 Å². The zero-order valence-corrected chi connectivity index (χ0v) is 40.3. The molecule has 0 aliphatic carbocycles. The van der Waals surface area contributed by atoms with Crippen molar-refractivity contribution in [3.05, 3.63) is 192 Å². The van der Waals surface area contributed by atoms with Crippen molar-refractivity contribution in [3.63, 3.8) is 0 Å². The predicted molar refractivity (Wildman–Crippen MR) is 273 cm³/mol. The molecular formula is C61H58N3OPt-. The van der Waals surface area contributed by atoms with Gasteiger partial charge in [0.1, 0.15) is 11.6 Å². The van der Waals surface area contributed by atoms with Gasteiger partial charge in [0.2, 0.25) is 0 Å². The van der Waals surface area contributed by atoms with Crippen molar-refractivity contribution < 1.29 is 38.5 Å². The average molecular weight is 1050 g/mol. The number of aromatic nitrogens is 3.